The maximum Gasteiger partial charge on any atom is 0.244 e. The van der Waals surface area contributed by atoms with Gasteiger partial charge in [-0.3, -0.25) is 9.79 Å². The lowest BCUT2D eigenvalue weighted by Crippen LogP contribution is -2.36. The Kier molecular flexibility index (Phi) is 5.59. The van der Waals surface area contributed by atoms with Crippen LogP contribution < -0.4 is 10.2 Å². The molecule has 0 aromatic heterocycles. The summed E-state index contributed by atoms with van der Waals surface area (Å²) in [6, 6.07) is 11.2. The van der Waals surface area contributed by atoms with Crippen LogP contribution in [-0.4, -0.2) is 48.8 Å². The highest BCUT2D eigenvalue weighted by Crippen LogP contribution is 2.36. The average molecular weight is 448 g/mol. The standard InChI is InChI=1S/C21H22FN3O3S2/c1-13-3-6-16(9-14(13)2)23-20(26)10-25(17-7-4-15(22)5-8-17)21-24-18-11-30(27,28)12-19(18)29-21/h3-9,18-19H,10-12H2,1-2H3,(H,23,26)/t18-,19+/m1/s1. The van der Waals surface area contributed by atoms with E-state index in [1.54, 1.807) is 17.0 Å². The number of carbonyl (C=O) groups excluding carboxylic acids is 1. The van der Waals surface area contributed by atoms with E-state index in [1.165, 1.54) is 23.9 Å². The number of aliphatic imine (C=N–C) groups is 1. The normalized spacial score (nSPS) is 21.8. The molecule has 2 aromatic rings. The van der Waals surface area contributed by atoms with Crippen LogP contribution in [0.5, 0.6) is 0 Å². The molecule has 1 saturated heterocycles. The number of rotatable bonds is 4. The van der Waals surface area contributed by atoms with Crippen LogP contribution in [0.3, 0.4) is 0 Å². The highest BCUT2D eigenvalue weighted by atomic mass is 32.2. The Hall–Kier alpha value is -2.39. The zero-order valence-electron chi connectivity index (χ0n) is 16.6. The van der Waals surface area contributed by atoms with Gasteiger partial charge in [0.25, 0.3) is 0 Å². The summed E-state index contributed by atoms with van der Waals surface area (Å²) in [6.45, 7) is 3.97. The van der Waals surface area contributed by atoms with Gasteiger partial charge in [-0.15, -0.1) is 0 Å². The highest BCUT2D eigenvalue weighted by molar-refractivity contribution is 8.15. The molecule has 2 aromatic carbocycles. The number of halogens is 1. The van der Waals surface area contributed by atoms with Gasteiger partial charge in [0, 0.05) is 16.6 Å². The SMILES string of the molecule is Cc1ccc(NC(=O)CN(C2=N[C@@H]3CS(=O)(=O)C[C@@H]3S2)c2ccc(F)cc2)cc1C. The largest absolute Gasteiger partial charge is 0.325 e. The number of amides is 1. The predicted octanol–water partition coefficient (Wildman–Crippen LogP) is 3.16. The Morgan fingerprint density at radius 3 is 2.57 bits per heavy atom. The summed E-state index contributed by atoms with van der Waals surface area (Å²) in [4.78, 5) is 19.1. The first-order chi connectivity index (χ1) is 14.2. The lowest BCUT2D eigenvalue weighted by Gasteiger charge is -2.24. The summed E-state index contributed by atoms with van der Waals surface area (Å²) in [5.41, 5.74) is 3.54. The van der Waals surface area contributed by atoms with Crippen molar-refractivity contribution in [1.29, 1.82) is 0 Å². The van der Waals surface area contributed by atoms with E-state index in [1.807, 2.05) is 32.0 Å². The number of hydrogen-bond donors (Lipinski definition) is 1. The molecule has 0 aliphatic carbocycles. The van der Waals surface area contributed by atoms with Gasteiger partial charge in [0.2, 0.25) is 5.91 Å². The Balaban J connectivity index is 1.56. The van der Waals surface area contributed by atoms with Crippen LogP contribution in [-0.2, 0) is 14.6 Å². The third-order valence-corrected chi connectivity index (χ3v) is 8.51. The fourth-order valence-electron chi connectivity index (χ4n) is 3.52. The van der Waals surface area contributed by atoms with Crippen LogP contribution in [0.15, 0.2) is 47.5 Å². The van der Waals surface area contributed by atoms with E-state index in [0.29, 0.717) is 16.5 Å². The van der Waals surface area contributed by atoms with Gasteiger partial charge in [0.15, 0.2) is 15.0 Å². The number of carbonyl (C=O) groups is 1. The quantitative estimate of drug-likeness (QED) is 0.779. The Morgan fingerprint density at radius 2 is 1.90 bits per heavy atom. The fourth-order valence-corrected chi connectivity index (χ4v) is 7.30. The first-order valence-corrected chi connectivity index (χ1v) is 12.3. The average Bonchev–Trinajstić information content (AvgIpc) is 3.17. The summed E-state index contributed by atoms with van der Waals surface area (Å²) in [6.07, 6.45) is 0. The molecule has 0 bridgehead atoms. The topological polar surface area (TPSA) is 78.8 Å². The second-order valence-electron chi connectivity index (χ2n) is 7.62. The van der Waals surface area contributed by atoms with Crippen molar-refractivity contribution in [3.63, 3.8) is 0 Å². The summed E-state index contributed by atoms with van der Waals surface area (Å²) >= 11 is 1.37. The van der Waals surface area contributed by atoms with Gasteiger partial charge in [-0.2, -0.15) is 0 Å². The lowest BCUT2D eigenvalue weighted by molar-refractivity contribution is -0.114. The van der Waals surface area contributed by atoms with E-state index in [4.69, 9.17) is 0 Å². The van der Waals surface area contributed by atoms with Crippen molar-refractivity contribution in [3.05, 3.63) is 59.4 Å². The summed E-state index contributed by atoms with van der Waals surface area (Å²) in [7, 11) is -3.07. The molecule has 2 heterocycles. The molecule has 9 heteroatoms. The Bertz CT molecular complexity index is 1120. The first kappa shape index (κ1) is 20.9. The van der Waals surface area contributed by atoms with Gasteiger partial charge in [0.05, 0.1) is 17.5 Å². The molecule has 0 unspecified atom stereocenters. The molecule has 2 aliphatic rings. The van der Waals surface area contributed by atoms with Gasteiger partial charge in [0.1, 0.15) is 12.4 Å². The number of nitrogens with one attached hydrogen (secondary N) is 1. The maximum atomic E-state index is 13.4. The number of sulfone groups is 1. The van der Waals surface area contributed by atoms with Crippen molar-refractivity contribution in [2.45, 2.75) is 25.1 Å². The number of anilines is 2. The van der Waals surface area contributed by atoms with E-state index in [-0.39, 0.29) is 41.1 Å². The van der Waals surface area contributed by atoms with Crippen molar-refractivity contribution in [2.75, 3.05) is 28.3 Å². The minimum absolute atomic E-state index is 0.0173. The number of hydrogen-bond acceptors (Lipinski definition) is 6. The third kappa shape index (κ3) is 4.52. The molecule has 158 valence electrons. The van der Waals surface area contributed by atoms with Crippen LogP contribution in [0.2, 0.25) is 0 Å². The number of amidine groups is 1. The molecule has 2 aliphatic heterocycles. The van der Waals surface area contributed by atoms with Gasteiger partial charge in [-0.25, -0.2) is 12.8 Å². The minimum atomic E-state index is -3.07. The van der Waals surface area contributed by atoms with Crippen LogP contribution in [0.1, 0.15) is 11.1 Å². The van der Waals surface area contributed by atoms with Crippen LogP contribution in [0.25, 0.3) is 0 Å². The van der Waals surface area contributed by atoms with Crippen molar-refractivity contribution >= 4 is 44.0 Å². The molecule has 1 fully saturated rings. The molecule has 6 nitrogen and oxygen atoms in total. The first-order valence-electron chi connectivity index (χ1n) is 9.55. The molecule has 0 spiro atoms. The van der Waals surface area contributed by atoms with Gasteiger partial charge < -0.3 is 10.2 Å². The monoisotopic (exact) mass is 447 g/mol. The van der Waals surface area contributed by atoms with E-state index in [2.05, 4.69) is 10.3 Å². The molecule has 2 atom stereocenters. The fraction of sp³-hybridized carbons (Fsp3) is 0.333. The molecule has 0 radical (unpaired) electrons. The Morgan fingerprint density at radius 1 is 1.17 bits per heavy atom. The van der Waals surface area contributed by atoms with Crippen molar-refractivity contribution in [3.8, 4) is 0 Å². The number of benzene rings is 2. The lowest BCUT2D eigenvalue weighted by atomic mass is 10.1. The molecule has 0 saturated carbocycles. The molecule has 1 N–H and O–H groups in total. The number of fused-ring (bicyclic) bond motifs is 1. The zero-order chi connectivity index (χ0) is 21.5. The van der Waals surface area contributed by atoms with Crippen molar-refractivity contribution in [1.82, 2.24) is 0 Å². The highest BCUT2D eigenvalue weighted by Gasteiger charge is 2.44. The van der Waals surface area contributed by atoms with Crippen molar-refractivity contribution < 1.29 is 17.6 Å². The van der Waals surface area contributed by atoms with E-state index in [9.17, 15) is 17.6 Å². The number of aryl methyl sites for hydroxylation is 2. The summed E-state index contributed by atoms with van der Waals surface area (Å²) in [5.74, 6) is -0.500. The minimum Gasteiger partial charge on any atom is -0.325 e. The van der Waals surface area contributed by atoms with Crippen LogP contribution >= 0.6 is 11.8 Å². The molecule has 1 amide bonds. The second kappa shape index (κ2) is 8.03. The molecular formula is C21H22FN3O3S2. The molecular weight excluding hydrogens is 425 g/mol. The smallest absolute Gasteiger partial charge is 0.244 e. The number of nitrogens with zero attached hydrogens (tertiary/aromatic N) is 2. The second-order valence-corrected chi connectivity index (χ2v) is 11.0. The maximum absolute atomic E-state index is 13.4. The third-order valence-electron chi connectivity index (χ3n) is 5.27. The van der Waals surface area contributed by atoms with E-state index < -0.39 is 9.84 Å². The Labute approximate surface area is 179 Å². The van der Waals surface area contributed by atoms with Gasteiger partial charge in [-0.05, 0) is 61.4 Å². The van der Waals surface area contributed by atoms with Gasteiger partial charge in [-0.1, -0.05) is 17.8 Å². The number of thioether (sulfide) groups is 1. The van der Waals surface area contributed by atoms with E-state index in [0.717, 1.165) is 11.1 Å². The van der Waals surface area contributed by atoms with E-state index >= 15 is 0 Å². The van der Waals surface area contributed by atoms with Crippen LogP contribution in [0, 0.1) is 19.7 Å². The summed E-state index contributed by atoms with van der Waals surface area (Å²) < 4.78 is 37.1. The van der Waals surface area contributed by atoms with Crippen LogP contribution in [0.4, 0.5) is 15.8 Å². The van der Waals surface area contributed by atoms with Gasteiger partial charge >= 0.3 is 0 Å². The predicted molar refractivity (Wildman–Crippen MR) is 120 cm³/mol. The van der Waals surface area contributed by atoms with Crippen molar-refractivity contribution in [2.24, 2.45) is 4.99 Å². The summed E-state index contributed by atoms with van der Waals surface area (Å²) in [5, 5.41) is 3.34. The molecule has 30 heavy (non-hydrogen) atoms. The molecule has 4 rings (SSSR count). The zero-order valence-corrected chi connectivity index (χ0v) is 18.3.